The summed E-state index contributed by atoms with van der Waals surface area (Å²) in [5.74, 6) is 0.702. The first-order valence-corrected chi connectivity index (χ1v) is 19.7. The van der Waals surface area contributed by atoms with Gasteiger partial charge in [-0.25, -0.2) is 0 Å². The molecule has 0 aliphatic carbocycles. The van der Waals surface area contributed by atoms with Gasteiger partial charge >= 0.3 is 11.4 Å². The maximum Gasteiger partial charge on any atom is 0.658 e. The van der Waals surface area contributed by atoms with Gasteiger partial charge in [0.1, 0.15) is 0 Å². The van der Waals surface area contributed by atoms with Crippen molar-refractivity contribution in [2.75, 3.05) is 7.11 Å². The molecule has 0 N–H and O–H groups in total. The first kappa shape index (κ1) is 27.5. The van der Waals surface area contributed by atoms with Crippen LogP contribution in [0.3, 0.4) is 0 Å². The minimum absolute atomic E-state index is 0.00803. The maximum absolute atomic E-state index is 6.79. The molecule has 0 amide bonds. The second kappa shape index (κ2) is 9.15. The summed E-state index contributed by atoms with van der Waals surface area (Å²) in [6, 6.07) is 6.62. The Morgan fingerprint density at radius 2 is 1.35 bits per heavy atom. The second-order valence-electron chi connectivity index (χ2n) is 11.8. The van der Waals surface area contributed by atoms with Crippen molar-refractivity contribution in [2.24, 2.45) is 0 Å². The fourth-order valence-corrected chi connectivity index (χ4v) is 18.8. The largest absolute Gasteiger partial charge is 0.658 e. The first-order chi connectivity index (χ1) is 13.9. The lowest BCUT2D eigenvalue weighted by molar-refractivity contribution is -0.303. The number of hydrogen-bond acceptors (Lipinski definition) is 1. The summed E-state index contributed by atoms with van der Waals surface area (Å²) in [5.41, 5.74) is 4.70. The lowest BCUT2D eigenvalue weighted by Crippen LogP contribution is -2.63. The number of benzene rings is 1. The van der Waals surface area contributed by atoms with Crippen LogP contribution < -0.4 is 0 Å². The summed E-state index contributed by atoms with van der Waals surface area (Å²) >= 11 is 20.4. The zero-order chi connectivity index (χ0) is 24.2. The third-order valence-corrected chi connectivity index (χ3v) is 18.7. The van der Waals surface area contributed by atoms with Crippen LogP contribution in [-0.2, 0) is 4.65 Å². The molecule has 0 saturated heterocycles. The molecule has 0 atom stereocenters. The Bertz CT molecular complexity index is 816. The van der Waals surface area contributed by atoms with Crippen molar-refractivity contribution in [1.82, 2.24) is 0 Å². The van der Waals surface area contributed by atoms with E-state index in [4.69, 9.17) is 39.0 Å². The first-order valence-electron chi connectivity index (χ1n) is 11.4. The van der Waals surface area contributed by atoms with Crippen molar-refractivity contribution in [3.05, 3.63) is 29.3 Å². The van der Waals surface area contributed by atoms with Crippen LogP contribution in [0.25, 0.3) is 0 Å². The van der Waals surface area contributed by atoms with Crippen LogP contribution in [0.5, 0.6) is 0 Å². The minimum Gasteiger partial charge on any atom is -0.376 e. The van der Waals surface area contributed by atoms with E-state index in [0.717, 1.165) is 12.0 Å². The Balaban J connectivity index is 3.06. The van der Waals surface area contributed by atoms with E-state index in [1.54, 1.807) is 0 Å². The molecule has 1 aromatic rings. The van der Waals surface area contributed by atoms with Crippen molar-refractivity contribution >= 4 is 73.3 Å². The van der Waals surface area contributed by atoms with Crippen molar-refractivity contribution in [3.63, 3.8) is 0 Å². The van der Waals surface area contributed by atoms with Gasteiger partial charge in [-0.05, 0) is 18.3 Å². The van der Waals surface area contributed by atoms with Gasteiger partial charge < -0.3 is 39.0 Å². The minimum atomic E-state index is -2.24. The Hall–Kier alpha value is 0.284. The summed E-state index contributed by atoms with van der Waals surface area (Å²) in [6.45, 7) is 23.7. The Labute approximate surface area is 207 Å². The average Bonchev–Trinajstić information content (AvgIpc) is 2.97. The van der Waals surface area contributed by atoms with Crippen molar-refractivity contribution in [3.8, 4) is 0 Å². The van der Waals surface area contributed by atoms with E-state index in [2.05, 4.69) is 89.7 Å². The SMILES string of the molecule is COB1[N+](c2c(C(C)C)cccc2C(C)C)=C([B-](Cl)(Cl)Cl)CC1([Si](C)(C)C)[Si](C)(C)C. The van der Waals surface area contributed by atoms with Crippen LogP contribution in [0.15, 0.2) is 18.2 Å². The van der Waals surface area contributed by atoms with E-state index in [-0.39, 0.29) is 11.6 Å². The monoisotopic (exact) mass is 517 g/mol. The van der Waals surface area contributed by atoms with Crippen molar-refractivity contribution in [2.45, 2.75) is 89.8 Å². The van der Waals surface area contributed by atoms with Gasteiger partial charge in [0.2, 0.25) is 0 Å². The van der Waals surface area contributed by atoms with Gasteiger partial charge in [-0.3, -0.25) is 4.49 Å². The number of rotatable bonds is 7. The van der Waals surface area contributed by atoms with Crippen LogP contribution >= 0.6 is 34.4 Å². The molecule has 0 bridgehead atoms. The molecule has 1 heterocycles. The second-order valence-corrected chi connectivity index (χ2v) is 25.7. The van der Waals surface area contributed by atoms with Gasteiger partial charge in [-0.15, -0.1) is 0 Å². The highest BCUT2D eigenvalue weighted by molar-refractivity contribution is 7.75. The molecule has 1 aliphatic heterocycles. The summed E-state index contributed by atoms with van der Waals surface area (Å²) in [5, 5.41) is 0. The third-order valence-electron chi connectivity index (χ3n) is 7.29. The van der Waals surface area contributed by atoms with Crippen LogP contribution in [0.1, 0.15) is 57.1 Å². The lowest BCUT2D eigenvalue weighted by atomic mass is 9.75. The zero-order valence-corrected chi connectivity index (χ0v) is 25.5. The highest BCUT2D eigenvalue weighted by Gasteiger charge is 2.73. The van der Waals surface area contributed by atoms with E-state index >= 15 is 0 Å². The summed E-state index contributed by atoms with van der Waals surface area (Å²) < 4.78 is 6.56. The van der Waals surface area contributed by atoms with E-state index < -0.39 is 20.5 Å². The highest BCUT2D eigenvalue weighted by atomic mass is 35.6. The van der Waals surface area contributed by atoms with Crippen molar-refractivity contribution < 1.29 is 9.14 Å². The molecule has 0 fully saturated rings. The van der Waals surface area contributed by atoms with E-state index in [9.17, 15) is 0 Å². The summed E-state index contributed by atoms with van der Waals surface area (Å²) in [7, 11) is -1.83. The molecule has 1 aliphatic rings. The molecule has 0 saturated carbocycles. The molecule has 1 aromatic carbocycles. The molecule has 2 rings (SSSR count). The van der Waals surface area contributed by atoms with E-state index in [0.29, 0.717) is 11.8 Å². The third kappa shape index (κ3) is 4.77. The number of hydrogen-bond donors (Lipinski definition) is 0. The number of halogens is 3. The quantitative estimate of drug-likeness (QED) is 0.331. The number of para-hydroxylation sites is 1. The molecule has 174 valence electrons. The number of nitrogens with zero attached hydrogens (tertiary/aromatic N) is 1. The normalized spacial score (nSPS) is 18.0. The van der Waals surface area contributed by atoms with Crippen LogP contribution in [0.4, 0.5) is 5.69 Å². The van der Waals surface area contributed by atoms with Gasteiger partial charge in [0.05, 0.1) is 16.1 Å². The molecule has 0 spiro atoms. The van der Waals surface area contributed by atoms with Crippen LogP contribution in [-0.4, -0.2) is 44.8 Å². The van der Waals surface area contributed by atoms with Crippen LogP contribution in [0.2, 0.25) is 43.8 Å². The van der Waals surface area contributed by atoms with Crippen molar-refractivity contribution in [1.29, 1.82) is 0 Å². The smallest absolute Gasteiger partial charge is 0.376 e. The zero-order valence-electron chi connectivity index (χ0n) is 21.2. The maximum atomic E-state index is 6.79. The fourth-order valence-electron chi connectivity index (χ4n) is 5.86. The highest BCUT2D eigenvalue weighted by Crippen LogP contribution is 2.58. The van der Waals surface area contributed by atoms with Gasteiger partial charge in [-0.2, -0.15) is 0 Å². The predicted molar refractivity (Wildman–Crippen MR) is 150 cm³/mol. The average molecular weight is 519 g/mol. The Kier molecular flexibility index (Phi) is 8.12. The Morgan fingerprint density at radius 3 is 1.65 bits per heavy atom. The Morgan fingerprint density at radius 1 is 0.935 bits per heavy atom. The summed E-state index contributed by atoms with van der Waals surface area (Å²) in [4.78, 5) is 0. The van der Waals surface area contributed by atoms with E-state index in [1.165, 1.54) is 16.8 Å². The molecule has 9 heteroatoms. The fraction of sp³-hybridized carbons (Fsp3) is 0.682. The lowest BCUT2D eigenvalue weighted by Gasteiger charge is -2.47. The van der Waals surface area contributed by atoms with Gasteiger partial charge in [0.25, 0.3) is 0 Å². The topological polar surface area (TPSA) is 12.2 Å². The van der Waals surface area contributed by atoms with Gasteiger partial charge in [0, 0.05) is 28.4 Å². The molecule has 0 unspecified atom stereocenters. The van der Waals surface area contributed by atoms with Gasteiger partial charge in [-0.1, -0.05) is 85.2 Å². The molecular formula is C22H40B2Cl3NOSi2. The molecule has 2 nitrogen and oxygen atoms in total. The standard InChI is InChI=1S/C22H40B2Cl3NOSi2/c1-16(2)18-13-12-14-19(17(3)4)21(18)28-20(24(25,26)27)15-22(23(28)29-5,30(6,7)8)31(9,10)11/h12-14,16-17H,15H2,1-11H3. The molecule has 0 aromatic heterocycles. The molecule has 31 heavy (non-hydrogen) atoms. The molecular weight excluding hydrogens is 478 g/mol. The van der Waals surface area contributed by atoms with Crippen LogP contribution in [0, 0.1) is 0 Å². The summed E-state index contributed by atoms with van der Waals surface area (Å²) in [6.07, 6.45) is 0.803. The van der Waals surface area contributed by atoms with E-state index in [1.807, 2.05) is 7.11 Å². The predicted octanol–water partition coefficient (Wildman–Crippen LogP) is 8.25. The van der Waals surface area contributed by atoms with Gasteiger partial charge in [0.15, 0.2) is 5.69 Å². The molecule has 0 radical (unpaired) electrons.